The van der Waals surface area contributed by atoms with Gasteiger partial charge in [0.2, 0.25) is 0 Å². The Morgan fingerprint density at radius 2 is 2.07 bits per heavy atom. The smallest absolute Gasteiger partial charge is 0.0151 e. The van der Waals surface area contributed by atoms with E-state index in [0.29, 0.717) is 0 Å². The molecule has 0 heteroatoms. The van der Waals surface area contributed by atoms with Crippen LogP contribution in [0.2, 0.25) is 0 Å². The molecule has 0 aliphatic rings. The first-order valence-electron chi connectivity index (χ1n) is 5.79. The lowest BCUT2D eigenvalue weighted by Crippen LogP contribution is -1.87. The normalized spacial score (nSPS) is 10.7. The molecule has 0 fully saturated rings. The van der Waals surface area contributed by atoms with Crippen LogP contribution < -0.4 is 0 Å². The van der Waals surface area contributed by atoms with Crippen LogP contribution in [0.5, 0.6) is 0 Å². The average molecular weight is 197 g/mol. The number of benzene rings is 2. The van der Waals surface area contributed by atoms with E-state index in [4.69, 9.17) is 0 Å². The zero-order chi connectivity index (χ0) is 10.5. The Balaban J connectivity index is 2.26. The van der Waals surface area contributed by atoms with Crippen LogP contribution in [0.4, 0.5) is 0 Å². The Morgan fingerprint density at radius 3 is 2.93 bits per heavy atom. The SMILES string of the molecule is CCCCCc1cccc2c[c]ccc12. The highest BCUT2D eigenvalue weighted by molar-refractivity contribution is 5.85. The highest BCUT2D eigenvalue weighted by Gasteiger charge is 1.99. The van der Waals surface area contributed by atoms with Crippen LogP contribution >= 0.6 is 0 Å². The van der Waals surface area contributed by atoms with Gasteiger partial charge in [-0.1, -0.05) is 50.1 Å². The van der Waals surface area contributed by atoms with Gasteiger partial charge in [-0.2, -0.15) is 0 Å². The van der Waals surface area contributed by atoms with Crippen molar-refractivity contribution >= 4 is 10.8 Å². The molecule has 0 heterocycles. The molecular weight excluding hydrogens is 180 g/mol. The molecule has 0 nitrogen and oxygen atoms in total. The van der Waals surface area contributed by atoms with Crippen molar-refractivity contribution in [1.29, 1.82) is 0 Å². The summed E-state index contributed by atoms with van der Waals surface area (Å²) < 4.78 is 0. The van der Waals surface area contributed by atoms with E-state index < -0.39 is 0 Å². The van der Waals surface area contributed by atoms with Gasteiger partial charge < -0.3 is 0 Å². The first-order chi connectivity index (χ1) is 7.42. The summed E-state index contributed by atoms with van der Waals surface area (Å²) in [5.41, 5.74) is 1.48. The molecule has 0 unspecified atom stereocenters. The number of hydrogen-bond acceptors (Lipinski definition) is 0. The fraction of sp³-hybridized carbons (Fsp3) is 0.333. The molecule has 0 aliphatic heterocycles. The van der Waals surface area contributed by atoms with E-state index >= 15 is 0 Å². The van der Waals surface area contributed by atoms with Gasteiger partial charge in [-0.3, -0.25) is 0 Å². The van der Waals surface area contributed by atoms with Gasteiger partial charge in [0.25, 0.3) is 0 Å². The lowest BCUT2D eigenvalue weighted by atomic mass is 10.00. The van der Waals surface area contributed by atoms with Gasteiger partial charge >= 0.3 is 0 Å². The molecule has 2 rings (SSSR count). The van der Waals surface area contributed by atoms with Crippen molar-refractivity contribution in [2.45, 2.75) is 32.6 Å². The van der Waals surface area contributed by atoms with Gasteiger partial charge in [0.15, 0.2) is 0 Å². The summed E-state index contributed by atoms with van der Waals surface area (Å²) in [5.74, 6) is 0. The molecule has 0 atom stereocenters. The van der Waals surface area contributed by atoms with Crippen LogP contribution in [0.3, 0.4) is 0 Å². The predicted molar refractivity (Wildman–Crippen MR) is 66.0 cm³/mol. The van der Waals surface area contributed by atoms with Gasteiger partial charge in [-0.05, 0) is 41.3 Å². The third kappa shape index (κ3) is 2.38. The summed E-state index contributed by atoms with van der Waals surface area (Å²) >= 11 is 0. The summed E-state index contributed by atoms with van der Waals surface area (Å²) in [6, 6.07) is 15.9. The largest absolute Gasteiger partial charge is 0.0654 e. The topological polar surface area (TPSA) is 0 Å². The van der Waals surface area contributed by atoms with Crippen molar-refractivity contribution in [2.24, 2.45) is 0 Å². The molecule has 0 spiro atoms. The van der Waals surface area contributed by atoms with E-state index in [1.807, 2.05) is 6.07 Å². The standard InChI is InChI=1S/C15H17/c1-2-3-4-8-13-10-7-11-14-9-5-6-12-15(13)14/h6-7,9-12H,2-4,8H2,1H3. The zero-order valence-corrected chi connectivity index (χ0v) is 9.29. The van der Waals surface area contributed by atoms with Crippen LogP contribution in [-0.4, -0.2) is 0 Å². The second-order valence-corrected chi connectivity index (χ2v) is 4.02. The van der Waals surface area contributed by atoms with Crippen LogP contribution in [0, 0.1) is 6.07 Å². The van der Waals surface area contributed by atoms with E-state index in [1.165, 1.54) is 42.0 Å². The minimum absolute atomic E-state index is 1.20. The maximum atomic E-state index is 3.13. The molecule has 2 aromatic carbocycles. The summed E-state index contributed by atoms with van der Waals surface area (Å²) in [6.07, 6.45) is 5.12. The second kappa shape index (κ2) is 4.97. The third-order valence-corrected chi connectivity index (χ3v) is 2.86. The van der Waals surface area contributed by atoms with E-state index in [-0.39, 0.29) is 0 Å². The summed E-state index contributed by atoms with van der Waals surface area (Å²) in [7, 11) is 0. The Labute approximate surface area is 91.9 Å². The van der Waals surface area contributed by atoms with Gasteiger partial charge in [-0.25, -0.2) is 0 Å². The molecule has 0 saturated carbocycles. The van der Waals surface area contributed by atoms with Gasteiger partial charge in [0.05, 0.1) is 0 Å². The van der Waals surface area contributed by atoms with Crippen molar-refractivity contribution in [3.05, 3.63) is 48.0 Å². The molecule has 0 aromatic heterocycles. The monoisotopic (exact) mass is 197 g/mol. The highest BCUT2D eigenvalue weighted by atomic mass is 14.0. The fourth-order valence-corrected chi connectivity index (χ4v) is 2.01. The van der Waals surface area contributed by atoms with Crippen LogP contribution in [-0.2, 0) is 6.42 Å². The third-order valence-electron chi connectivity index (χ3n) is 2.86. The van der Waals surface area contributed by atoms with Gasteiger partial charge in [0, 0.05) is 0 Å². The quantitative estimate of drug-likeness (QED) is 0.638. The van der Waals surface area contributed by atoms with Crippen LogP contribution in [0.25, 0.3) is 10.8 Å². The lowest BCUT2D eigenvalue weighted by molar-refractivity contribution is 0.719. The predicted octanol–water partition coefficient (Wildman–Crippen LogP) is 4.37. The summed E-state index contributed by atoms with van der Waals surface area (Å²) in [4.78, 5) is 0. The molecule has 0 amide bonds. The summed E-state index contributed by atoms with van der Waals surface area (Å²) in [6.45, 7) is 2.25. The Kier molecular flexibility index (Phi) is 3.39. The molecule has 15 heavy (non-hydrogen) atoms. The van der Waals surface area contributed by atoms with Crippen molar-refractivity contribution in [2.75, 3.05) is 0 Å². The molecule has 0 aliphatic carbocycles. The first-order valence-corrected chi connectivity index (χ1v) is 5.79. The zero-order valence-electron chi connectivity index (χ0n) is 9.29. The number of fused-ring (bicyclic) bond motifs is 1. The minimum Gasteiger partial charge on any atom is -0.0654 e. The first kappa shape index (κ1) is 10.2. The lowest BCUT2D eigenvalue weighted by Gasteiger charge is -2.05. The number of rotatable bonds is 4. The molecule has 1 radical (unpaired) electrons. The number of unbranched alkanes of at least 4 members (excludes halogenated alkanes) is 2. The minimum atomic E-state index is 1.20. The molecule has 0 N–H and O–H groups in total. The Hall–Kier alpha value is -1.30. The highest BCUT2D eigenvalue weighted by Crippen LogP contribution is 2.20. The van der Waals surface area contributed by atoms with Gasteiger partial charge in [0.1, 0.15) is 0 Å². The van der Waals surface area contributed by atoms with E-state index in [0.717, 1.165) is 0 Å². The fourth-order valence-electron chi connectivity index (χ4n) is 2.01. The van der Waals surface area contributed by atoms with Crippen molar-refractivity contribution in [3.8, 4) is 0 Å². The molecule has 0 saturated heterocycles. The van der Waals surface area contributed by atoms with Gasteiger partial charge in [-0.15, -0.1) is 0 Å². The second-order valence-electron chi connectivity index (χ2n) is 4.02. The Bertz CT molecular complexity index is 423. The van der Waals surface area contributed by atoms with Crippen LogP contribution in [0.1, 0.15) is 31.7 Å². The van der Waals surface area contributed by atoms with E-state index in [2.05, 4.69) is 43.3 Å². The molecule has 77 valence electrons. The van der Waals surface area contributed by atoms with Crippen molar-refractivity contribution < 1.29 is 0 Å². The van der Waals surface area contributed by atoms with E-state index in [1.54, 1.807) is 0 Å². The molecule has 2 aromatic rings. The molecule has 0 bridgehead atoms. The van der Waals surface area contributed by atoms with Crippen molar-refractivity contribution in [1.82, 2.24) is 0 Å². The maximum absolute atomic E-state index is 3.13. The van der Waals surface area contributed by atoms with Crippen molar-refractivity contribution in [3.63, 3.8) is 0 Å². The Morgan fingerprint density at radius 1 is 1.13 bits per heavy atom. The van der Waals surface area contributed by atoms with E-state index in [9.17, 15) is 0 Å². The molecular formula is C15H17. The summed E-state index contributed by atoms with van der Waals surface area (Å²) in [5, 5.41) is 2.71. The van der Waals surface area contributed by atoms with Crippen LogP contribution in [0.15, 0.2) is 36.4 Å². The number of aryl methyl sites for hydroxylation is 1. The number of hydrogen-bond donors (Lipinski definition) is 0. The average Bonchev–Trinajstić information content (AvgIpc) is 2.30. The maximum Gasteiger partial charge on any atom is -0.0151 e.